The molecule has 0 aromatic heterocycles. The summed E-state index contributed by atoms with van der Waals surface area (Å²) in [5, 5.41) is 73.0. The van der Waals surface area contributed by atoms with Gasteiger partial charge in [-0.05, 0) is 6.42 Å². The van der Waals surface area contributed by atoms with Crippen molar-refractivity contribution < 1.29 is 64.2 Å². The lowest BCUT2D eigenvalue weighted by atomic mass is 9.84. The van der Waals surface area contributed by atoms with Gasteiger partial charge in [-0.25, -0.2) is 0 Å². The summed E-state index contributed by atoms with van der Waals surface area (Å²) < 4.78 is 34.6. The summed E-state index contributed by atoms with van der Waals surface area (Å²) in [5.41, 5.74) is 35.6. The highest BCUT2D eigenvalue weighted by Gasteiger charge is 2.54. The third-order valence-corrected chi connectivity index (χ3v) is 8.37. The van der Waals surface area contributed by atoms with Crippen LogP contribution in [0.15, 0.2) is 0 Å². The molecular weight excluding hydrogens is 568 g/mol. The SMILES string of the molecule is NC[C@@H]1O[C@@H](O[C@@H]2[C@H](O[C@@H]3O[C@@H](CO)[C@@H](O[C@@H]4O[C@@H](CN)[C@H](O)[C@H](O)[C@@H]4N)[C@H]3O)[C@@H](O)[C@@H](N)C[C@@H]2N)[C@@H](N)[C@@H](O)[C@H]1O. The van der Waals surface area contributed by atoms with Crippen molar-refractivity contribution in [2.45, 2.75) is 123 Å². The molecule has 3 aliphatic heterocycles. The second kappa shape index (κ2) is 14.1. The summed E-state index contributed by atoms with van der Waals surface area (Å²) >= 11 is 0. The number of hydrogen-bond acceptors (Lipinski definition) is 19. The van der Waals surface area contributed by atoms with Crippen LogP contribution < -0.4 is 34.4 Å². The summed E-state index contributed by atoms with van der Waals surface area (Å²) in [4.78, 5) is 0. The molecule has 19 heteroatoms. The van der Waals surface area contributed by atoms with E-state index in [1.54, 1.807) is 0 Å². The smallest absolute Gasteiger partial charge is 0.187 e. The maximum Gasteiger partial charge on any atom is 0.187 e. The van der Waals surface area contributed by atoms with Crippen LogP contribution in [0.4, 0.5) is 0 Å². The molecule has 19 atom stereocenters. The number of rotatable bonds is 9. The minimum absolute atomic E-state index is 0.0889. The monoisotopic (exact) mass is 614 g/mol. The Morgan fingerprint density at radius 2 is 0.976 bits per heavy atom. The van der Waals surface area contributed by atoms with Crippen molar-refractivity contribution >= 4 is 0 Å². The molecule has 246 valence electrons. The van der Waals surface area contributed by atoms with E-state index in [1.807, 2.05) is 0 Å². The van der Waals surface area contributed by atoms with Crippen LogP contribution in [-0.2, 0) is 28.4 Å². The van der Waals surface area contributed by atoms with Crippen LogP contribution in [-0.4, -0.2) is 172 Å². The highest BCUT2D eigenvalue weighted by Crippen LogP contribution is 2.34. The van der Waals surface area contributed by atoms with E-state index >= 15 is 0 Å². The Kier molecular flexibility index (Phi) is 11.5. The van der Waals surface area contributed by atoms with Gasteiger partial charge in [0.1, 0.15) is 67.1 Å². The van der Waals surface area contributed by atoms with Crippen molar-refractivity contribution in [3.63, 3.8) is 0 Å². The van der Waals surface area contributed by atoms with E-state index in [1.165, 1.54) is 0 Å². The molecule has 4 aliphatic rings. The molecule has 0 radical (unpaired) electrons. The summed E-state index contributed by atoms with van der Waals surface area (Å²) in [5.74, 6) is 0. The van der Waals surface area contributed by atoms with Crippen molar-refractivity contribution in [2.24, 2.45) is 34.4 Å². The molecule has 4 rings (SSSR count). The van der Waals surface area contributed by atoms with E-state index in [0.717, 1.165) is 0 Å². The highest BCUT2D eigenvalue weighted by atomic mass is 16.8. The third-order valence-electron chi connectivity index (χ3n) is 8.37. The van der Waals surface area contributed by atoms with Crippen LogP contribution in [0.25, 0.3) is 0 Å². The maximum absolute atomic E-state index is 11.1. The van der Waals surface area contributed by atoms with Gasteiger partial charge >= 0.3 is 0 Å². The zero-order valence-corrected chi connectivity index (χ0v) is 22.8. The molecule has 1 aliphatic carbocycles. The molecule has 0 unspecified atom stereocenters. The minimum atomic E-state index is -1.60. The van der Waals surface area contributed by atoms with Gasteiger partial charge in [0.05, 0.1) is 24.8 Å². The van der Waals surface area contributed by atoms with Crippen molar-refractivity contribution in [1.82, 2.24) is 0 Å². The zero-order chi connectivity index (χ0) is 31.0. The largest absolute Gasteiger partial charge is 0.394 e. The standard InChI is InChI=1S/C23H46N6O13/c24-2-7-13(32)15(34)10(28)21(37-7)40-18-6(27)1-5(26)12(31)20(18)42-23-17(36)19(9(4-30)39-23)41-22-11(29)16(35)14(33)8(3-25)38-22/h5-23,30-36H,1-4,24-29H2/t5-,6-,7-,8-,9-,10-,11-,12-,13-,14-,15+,16+,17+,18-,19+,20+,21-,22-,23-/m0/s1. The summed E-state index contributed by atoms with van der Waals surface area (Å²) in [6, 6.07) is -4.18. The lowest BCUT2D eigenvalue weighted by Crippen LogP contribution is -2.68. The molecule has 0 amide bonds. The highest BCUT2D eigenvalue weighted by molar-refractivity contribution is 5.02. The van der Waals surface area contributed by atoms with E-state index in [-0.39, 0.29) is 19.5 Å². The van der Waals surface area contributed by atoms with Crippen LogP contribution in [0.3, 0.4) is 0 Å². The predicted octanol–water partition coefficient (Wildman–Crippen LogP) is -8.90. The van der Waals surface area contributed by atoms with Crippen LogP contribution in [0.2, 0.25) is 0 Å². The van der Waals surface area contributed by atoms with E-state index in [9.17, 15) is 35.7 Å². The van der Waals surface area contributed by atoms with Gasteiger partial charge in [-0.15, -0.1) is 0 Å². The Morgan fingerprint density at radius 3 is 1.45 bits per heavy atom. The van der Waals surface area contributed by atoms with Gasteiger partial charge in [-0.2, -0.15) is 0 Å². The summed E-state index contributed by atoms with van der Waals surface area (Å²) in [7, 11) is 0. The molecule has 4 fully saturated rings. The molecule has 19 nitrogen and oxygen atoms in total. The van der Waals surface area contributed by atoms with Gasteiger partial charge in [-0.1, -0.05) is 0 Å². The lowest BCUT2D eigenvalue weighted by molar-refractivity contribution is -0.306. The molecule has 42 heavy (non-hydrogen) atoms. The molecule has 0 spiro atoms. The first-order valence-corrected chi connectivity index (χ1v) is 13.9. The molecule has 0 aromatic rings. The second-order valence-electron chi connectivity index (χ2n) is 11.2. The number of hydrogen-bond donors (Lipinski definition) is 13. The Balaban J connectivity index is 1.50. The van der Waals surface area contributed by atoms with Crippen LogP contribution in [0.5, 0.6) is 0 Å². The van der Waals surface area contributed by atoms with Gasteiger partial charge < -0.3 is 98.6 Å². The van der Waals surface area contributed by atoms with Crippen molar-refractivity contribution in [3.05, 3.63) is 0 Å². The van der Waals surface area contributed by atoms with Crippen molar-refractivity contribution in [2.75, 3.05) is 19.7 Å². The molecule has 19 N–H and O–H groups in total. The average molecular weight is 615 g/mol. The first-order valence-electron chi connectivity index (χ1n) is 13.9. The fourth-order valence-electron chi connectivity index (χ4n) is 5.74. The zero-order valence-electron chi connectivity index (χ0n) is 22.8. The van der Waals surface area contributed by atoms with Crippen molar-refractivity contribution in [3.8, 4) is 0 Å². The van der Waals surface area contributed by atoms with Crippen LogP contribution in [0, 0.1) is 0 Å². The number of aliphatic hydroxyl groups is 7. The first kappa shape index (κ1) is 34.1. The van der Waals surface area contributed by atoms with Gasteiger partial charge in [0.25, 0.3) is 0 Å². The Bertz CT molecular complexity index is 868. The molecule has 3 heterocycles. The van der Waals surface area contributed by atoms with Gasteiger partial charge in [0.15, 0.2) is 18.9 Å². The molecule has 0 bridgehead atoms. The van der Waals surface area contributed by atoms with E-state index < -0.39 is 123 Å². The Hall–Kier alpha value is -0.760. The minimum Gasteiger partial charge on any atom is -0.394 e. The van der Waals surface area contributed by atoms with E-state index in [4.69, 9.17) is 62.8 Å². The number of aliphatic hydroxyl groups excluding tert-OH is 7. The quantitative estimate of drug-likeness (QED) is 0.115. The predicted molar refractivity (Wildman–Crippen MR) is 138 cm³/mol. The molecule has 1 saturated carbocycles. The normalized spacial score (nSPS) is 53.8. The van der Waals surface area contributed by atoms with Gasteiger partial charge in [0, 0.05) is 25.2 Å². The molecule has 3 saturated heterocycles. The maximum atomic E-state index is 11.1. The first-order chi connectivity index (χ1) is 19.8. The van der Waals surface area contributed by atoms with E-state index in [0.29, 0.717) is 0 Å². The van der Waals surface area contributed by atoms with Gasteiger partial charge in [0.2, 0.25) is 0 Å². The topological polar surface area (TPSA) is 353 Å². The number of nitrogens with two attached hydrogens (primary N) is 6. The molecule has 0 aromatic carbocycles. The number of ether oxygens (including phenoxy) is 6. The van der Waals surface area contributed by atoms with Gasteiger partial charge in [-0.3, -0.25) is 0 Å². The van der Waals surface area contributed by atoms with Crippen LogP contribution in [0.1, 0.15) is 6.42 Å². The fraction of sp³-hybridized carbons (Fsp3) is 1.00. The third kappa shape index (κ3) is 6.60. The second-order valence-corrected chi connectivity index (χ2v) is 11.2. The summed E-state index contributed by atoms with van der Waals surface area (Å²) in [6.45, 7) is -0.967. The average Bonchev–Trinajstić information content (AvgIpc) is 3.27. The lowest BCUT2D eigenvalue weighted by Gasteiger charge is -2.47. The Labute approximate surface area is 241 Å². The van der Waals surface area contributed by atoms with Crippen molar-refractivity contribution in [1.29, 1.82) is 0 Å². The fourth-order valence-corrected chi connectivity index (χ4v) is 5.74. The molecular formula is C23H46N6O13. The Morgan fingerprint density at radius 1 is 0.524 bits per heavy atom. The van der Waals surface area contributed by atoms with Crippen LogP contribution >= 0.6 is 0 Å². The van der Waals surface area contributed by atoms with E-state index in [2.05, 4.69) is 0 Å². The summed E-state index contributed by atoms with van der Waals surface area (Å²) in [6.07, 6.45) is -19.8.